The molecule has 0 radical (unpaired) electrons. The van der Waals surface area contributed by atoms with Crippen molar-refractivity contribution in [3.63, 3.8) is 0 Å². The highest BCUT2D eigenvalue weighted by Gasteiger charge is 2.05. The predicted molar refractivity (Wildman–Crippen MR) is 78.1 cm³/mol. The molecular weight excluding hydrogens is 240 g/mol. The molecule has 0 unspecified atom stereocenters. The fraction of sp³-hybridized carbons (Fsp3) is 0.188. The highest BCUT2D eigenvalue weighted by atomic mass is 32.2. The first-order valence-corrected chi connectivity index (χ1v) is 7.13. The quantitative estimate of drug-likeness (QED) is 0.749. The molecule has 2 aromatic carbocycles. The summed E-state index contributed by atoms with van der Waals surface area (Å²) in [4.78, 5) is 11.9. The van der Waals surface area contributed by atoms with Crippen LogP contribution in [0.15, 0.2) is 54.6 Å². The third-order valence-electron chi connectivity index (χ3n) is 2.85. The van der Waals surface area contributed by atoms with E-state index in [0.29, 0.717) is 5.75 Å². The number of carbonyl (C=O) groups excluding carboxylic acids is 1. The van der Waals surface area contributed by atoms with Crippen molar-refractivity contribution in [2.45, 2.75) is 12.7 Å². The molecule has 0 heterocycles. The second-order valence-electron chi connectivity index (χ2n) is 4.21. The number of aryl methyl sites for hydroxylation is 1. The van der Waals surface area contributed by atoms with Gasteiger partial charge in [0.1, 0.15) is 0 Å². The topological polar surface area (TPSA) is 17.1 Å². The average molecular weight is 256 g/mol. The van der Waals surface area contributed by atoms with E-state index in [-0.39, 0.29) is 5.78 Å². The molecule has 0 saturated heterocycles. The molecule has 0 N–H and O–H groups in total. The largest absolute Gasteiger partial charge is 0.293 e. The van der Waals surface area contributed by atoms with Gasteiger partial charge < -0.3 is 0 Å². The number of hydrogen-bond donors (Lipinski definition) is 0. The summed E-state index contributed by atoms with van der Waals surface area (Å²) in [5.74, 6) is 1.64. The molecule has 18 heavy (non-hydrogen) atoms. The van der Waals surface area contributed by atoms with Crippen molar-refractivity contribution < 1.29 is 4.79 Å². The Balaban J connectivity index is 1.86. The Morgan fingerprint density at radius 3 is 2.39 bits per heavy atom. The lowest BCUT2D eigenvalue weighted by molar-refractivity contribution is 0.102. The van der Waals surface area contributed by atoms with Gasteiger partial charge in [0.05, 0.1) is 5.75 Å². The van der Waals surface area contributed by atoms with Gasteiger partial charge >= 0.3 is 0 Å². The van der Waals surface area contributed by atoms with Crippen LogP contribution in [0.5, 0.6) is 0 Å². The van der Waals surface area contributed by atoms with Crippen LogP contribution in [0.2, 0.25) is 0 Å². The second-order valence-corrected chi connectivity index (χ2v) is 5.19. The molecule has 0 amide bonds. The van der Waals surface area contributed by atoms with Gasteiger partial charge in [-0.3, -0.25) is 4.79 Å². The Labute approximate surface area is 112 Å². The molecule has 0 aromatic heterocycles. The van der Waals surface area contributed by atoms with Crippen LogP contribution in [-0.4, -0.2) is 11.5 Å². The number of benzene rings is 2. The van der Waals surface area contributed by atoms with E-state index in [2.05, 4.69) is 19.1 Å². The van der Waals surface area contributed by atoms with Gasteiger partial charge in [-0.05, 0) is 18.1 Å². The van der Waals surface area contributed by atoms with Crippen molar-refractivity contribution in [1.29, 1.82) is 0 Å². The van der Waals surface area contributed by atoms with Crippen LogP contribution in [0, 0.1) is 6.92 Å². The van der Waals surface area contributed by atoms with Gasteiger partial charge in [-0.15, -0.1) is 11.8 Å². The number of Topliss-reactive ketones (excluding diaryl/α,β-unsaturated/α-hetero) is 1. The summed E-state index contributed by atoms with van der Waals surface area (Å²) in [5.41, 5.74) is 3.40. The lowest BCUT2D eigenvalue weighted by Crippen LogP contribution is -2.02. The van der Waals surface area contributed by atoms with Crippen molar-refractivity contribution in [2.75, 3.05) is 5.75 Å². The molecule has 0 spiro atoms. The summed E-state index contributed by atoms with van der Waals surface area (Å²) in [7, 11) is 0. The number of hydrogen-bond acceptors (Lipinski definition) is 2. The molecule has 2 rings (SSSR count). The third kappa shape index (κ3) is 3.47. The van der Waals surface area contributed by atoms with Crippen molar-refractivity contribution >= 4 is 17.5 Å². The maximum atomic E-state index is 11.9. The zero-order valence-corrected chi connectivity index (χ0v) is 11.2. The molecular formula is C16H16OS. The Morgan fingerprint density at radius 2 is 1.67 bits per heavy atom. The minimum Gasteiger partial charge on any atom is -0.293 e. The van der Waals surface area contributed by atoms with Gasteiger partial charge in [0.15, 0.2) is 5.78 Å². The molecule has 0 fully saturated rings. The Bertz CT molecular complexity index is 520. The number of carbonyl (C=O) groups is 1. The van der Waals surface area contributed by atoms with E-state index in [9.17, 15) is 4.79 Å². The van der Waals surface area contributed by atoms with Gasteiger partial charge in [-0.25, -0.2) is 0 Å². The summed E-state index contributed by atoms with van der Waals surface area (Å²) in [6.45, 7) is 2.11. The first-order chi connectivity index (χ1) is 8.77. The van der Waals surface area contributed by atoms with Crippen LogP contribution < -0.4 is 0 Å². The Kier molecular flexibility index (Phi) is 4.59. The zero-order chi connectivity index (χ0) is 12.8. The van der Waals surface area contributed by atoms with Crippen LogP contribution in [0.4, 0.5) is 0 Å². The highest BCUT2D eigenvalue weighted by molar-refractivity contribution is 7.99. The summed E-state index contributed by atoms with van der Waals surface area (Å²) in [6, 6.07) is 17.8. The van der Waals surface area contributed by atoms with Crippen molar-refractivity contribution in [2.24, 2.45) is 0 Å². The minimum atomic E-state index is 0.203. The van der Waals surface area contributed by atoms with Gasteiger partial charge in [-0.2, -0.15) is 0 Å². The lowest BCUT2D eigenvalue weighted by Gasteiger charge is -2.05. The first-order valence-electron chi connectivity index (χ1n) is 5.98. The van der Waals surface area contributed by atoms with Crippen LogP contribution in [-0.2, 0) is 5.75 Å². The van der Waals surface area contributed by atoms with E-state index in [1.807, 2.05) is 42.5 Å². The van der Waals surface area contributed by atoms with E-state index < -0.39 is 0 Å². The predicted octanol–water partition coefficient (Wildman–Crippen LogP) is 4.11. The summed E-state index contributed by atoms with van der Waals surface area (Å²) in [6.07, 6.45) is 0. The second kappa shape index (κ2) is 6.41. The summed E-state index contributed by atoms with van der Waals surface area (Å²) >= 11 is 1.67. The lowest BCUT2D eigenvalue weighted by atomic mass is 10.1. The molecule has 2 aromatic rings. The molecule has 0 saturated carbocycles. The molecule has 0 aliphatic carbocycles. The fourth-order valence-corrected chi connectivity index (χ4v) is 2.73. The molecule has 92 valence electrons. The maximum Gasteiger partial charge on any atom is 0.172 e. The molecule has 0 atom stereocenters. The highest BCUT2D eigenvalue weighted by Crippen LogP contribution is 2.17. The van der Waals surface area contributed by atoms with E-state index in [1.54, 1.807) is 11.8 Å². The van der Waals surface area contributed by atoms with E-state index in [0.717, 1.165) is 11.3 Å². The monoisotopic (exact) mass is 256 g/mol. The molecule has 0 aliphatic heterocycles. The SMILES string of the molecule is Cc1ccccc1CSCC(=O)c1ccccc1. The number of ketones is 1. The van der Waals surface area contributed by atoms with Gasteiger partial charge in [0.25, 0.3) is 0 Å². The number of rotatable bonds is 5. The normalized spacial score (nSPS) is 10.3. The molecule has 1 nitrogen and oxygen atoms in total. The van der Waals surface area contributed by atoms with E-state index >= 15 is 0 Å². The number of thioether (sulfide) groups is 1. The molecule has 0 aliphatic rings. The van der Waals surface area contributed by atoms with Crippen LogP contribution in [0.25, 0.3) is 0 Å². The maximum absolute atomic E-state index is 11.9. The minimum absolute atomic E-state index is 0.203. The molecule has 2 heteroatoms. The van der Waals surface area contributed by atoms with E-state index in [4.69, 9.17) is 0 Å². The van der Waals surface area contributed by atoms with Crippen LogP contribution >= 0.6 is 11.8 Å². The first kappa shape index (κ1) is 12.9. The van der Waals surface area contributed by atoms with Crippen LogP contribution in [0.1, 0.15) is 21.5 Å². The van der Waals surface area contributed by atoms with E-state index in [1.165, 1.54) is 11.1 Å². The Hall–Kier alpha value is -1.54. The smallest absolute Gasteiger partial charge is 0.172 e. The Morgan fingerprint density at radius 1 is 1.00 bits per heavy atom. The summed E-state index contributed by atoms with van der Waals surface area (Å²) in [5, 5.41) is 0. The summed E-state index contributed by atoms with van der Waals surface area (Å²) < 4.78 is 0. The molecule has 0 bridgehead atoms. The zero-order valence-electron chi connectivity index (χ0n) is 10.4. The van der Waals surface area contributed by atoms with Gasteiger partial charge in [0, 0.05) is 11.3 Å². The van der Waals surface area contributed by atoms with Crippen molar-refractivity contribution in [1.82, 2.24) is 0 Å². The fourth-order valence-electron chi connectivity index (χ4n) is 1.73. The third-order valence-corrected chi connectivity index (χ3v) is 3.83. The van der Waals surface area contributed by atoms with Gasteiger partial charge in [0.2, 0.25) is 0 Å². The van der Waals surface area contributed by atoms with Crippen molar-refractivity contribution in [3.8, 4) is 0 Å². The standard InChI is InChI=1S/C16H16OS/c1-13-7-5-6-10-15(13)11-18-12-16(17)14-8-3-2-4-9-14/h2-10H,11-12H2,1H3. The van der Waals surface area contributed by atoms with Crippen molar-refractivity contribution in [3.05, 3.63) is 71.3 Å². The van der Waals surface area contributed by atoms with Crippen LogP contribution in [0.3, 0.4) is 0 Å². The average Bonchev–Trinajstić information content (AvgIpc) is 2.42. The van der Waals surface area contributed by atoms with Gasteiger partial charge in [-0.1, -0.05) is 54.6 Å².